The van der Waals surface area contributed by atoms with Crippen LogP contribution in [0, 0.1) is 0 Å². The summed E-state index contributed by atoms with van der Waals surface area (Å²) < 4.78 is 30.9. The van der Waals surface area contributed by atoms with Crippen LogP contribution in [0.3, 0.4) is 0 Å². The largest absolute Gasteiger partial charge is 0.461 e. The highest BCUT2D eigenvalue weighted by molar-refractivity contribution is 9.10. The first-order valence-corrected chi connectivity index (χ1v) is 37.4. The molecule has 0 aromatic heterocycles. The first-order chi connectivity index (χ1) is 45.6. The Bertz CT molecular complexity index is 3890. The number of carbonyl (C=O) groups excluding carboxylic acids is 6. The van der Waals surface area contributed by atoms with Gasteiger partial charge in [-0.3, -0.25) is 14.4 Å². The van der Waals surface area contributed by atoms with Gasteiger partial charge < -0.3 is 28.4 Å². The van der Waals surface area contributed by atoms with E-state index in [2.05, 4.69) is 100 Å². The third-order valence-corrected chi connectivity index (χ3v) is 22.0. The highest BCUT2D eigenvalue weighted by Gasteiger charge is 2.32. The van der Waals surface area contributed by atoms with Crippen molar-refractivity contribution in [2.45, 2.75) is 85.7 Å². The number of carbonyl (C=O) groups is 6. The van der Waals surface area contributed by atoms with Gasteiger partial charge in [-0.25, -0.2) is 14.4 Å². The van der Waals surface area contributed by atoms with Gasteiger partial charge in [0.25, 0.3) is 0 Å². The molecule has 0 aliphatic heterocycles. The van der Waals surface area contributed by atoms with E-state index in [-0.39, 0.29) is 61.4 Å². The van der Waals surface area contributed by atoms with Crippen molar-refractivity contribution in [3.05, 3.63) is 267 Å². The SMILES string of the molecule is CC(Br)C(=O)OCCOC(=O)c1ccc([S+](c2ccc(Cl)cc2)c2ccc(Cl)cc2)cc1.CC(Br)C(=O)OCCOC(=O)c1ccc([S+](c2ccccc2)c2ccc(Cl)cc2)cc1.CC(C)(Br)C(=O)OCCOC(=O)c1ccc([S+](c2ccccc2)c2ccc(Br)cc2)cc1. The molecule has 22 heteroatoms. The lowest BCUT2D eigenvalue weighted by Crippen LogP contribution is -2.28. The lowest BCUT2D eigenvalue weighted by atomic mass is 10.2. The van der Waals surface area contributed by atoms with E-state index in [0.717, 1.165) is 33.8 Å². The molecule has 0 aliphatic carbocycles. The van der Waals surface area contributed by atoms with E-state index in [0.29, 0.717) is 31.8 Å². The molecule has 9 rings (SSSR count). The summed E-state index contributed by atoms with van der Waals surface area (Å²) in [7, 11) is -1.03. The second-order valence-corrected chi connectivity index (χ2v) is 33.6. The number of esters is 6. The van der Waals surface area contributed by atoms with Crippen LogP contribution in [-0.4, -0.2) is 89.4 Å². The smallest absolute Gasteiger partial charge is 0.338 e. The van der Waals surface area contributed by atoms with Crippen molar-refractivity contribution < 1.29 is 57.2 Å². The van der Waals surface area contributed by atoms with Gasteiger partial charge in [-0.05, 0) is 222 Å². The van der Waals surface area contributed by atoms with Crippen LogP contribution in [0.15, 0.2) is 279 Å². The van der Waals surface area contributed by atoms with E-state index in [1.807, 2.05) is 158 Å². The summed E-state index contributed by atoms with van der Waals surface area (Å²) in [5.41, 5.74) is 1.31. The summed E-state index contributed by atoms with van der Waals surface area (Å²) in [6, 6.07) is 74.2. The quantitative estimate of drug-likeness (QED) is 0.0186. The molecule has 492 valence electrons. The fourth-order valence-corrected chi connectivity index (χ4v) is 15.5. The van der Waals surface area contributed by atoms with Gasteiger partial charge in [0.05, 0.1) is 49.4 Å². The minimum atomic E-state index is -0.766. The normalized spacial score (nSPS) is 12.2. The van der Waals surface area contributed by atoms with Gasteiger partial charge in [-0.1, -0.05) is 135 Å². The van der Waals surface area contributed by atoms with E-state index < -0.39 is 60.7 Å². The van der Waals surface area contributed by atoms with Crippen LogP contribution >= 0.6 is 98.5 Å². The summed E-state index contributed by atoms with van der Waals surface area (Å²) in [5, 5.41) is 2.03. The number of benzene rings is 9. The fourth-order valence-electron chi connectivity index (χ4n) is 8.28. The third-order valence-electron chi connectivity index (χ3n) is 12.9. The van der Waals surface area contributed by atoms with E-state index >= 15 is 0 Å². The van der Waals surface area contributed by atoms with Crippen molar-refractivity contribution in [2.75, 3.05) is 39.6 Å². The second-order valence-electron chi connectivity index (χ2n) is 20.5. The maximum absolute atomic E-state index is 12.4. The van der Waals surface area contributed by atoms with Gasteiger partial charge in [0, 0.05) is 19.5 Å². The first-order valence-electron chi connectivity index (χ1n) is 29.2. The maximum Gasteiger partial charge on any atom is 0.338 e. The number of hydrogen-bond donors (Lipinski definition) is 0. The van der Waals surface area contributed by atoms with Crippen molar-refractivity contribution in [1.82, 2.24) is 0 Å². The zero-order valence-electron chi connectivity index (χ0n) is 51.6. The summed E-state index contributed by atoms with van der Waals surface area (Å²) in [4.78, 5) is 80.8. The van der Waals surface area contributed by atoms with Crippen LogP contribution in [0.4, 0.5) is 0 Å². The molecule has 95 heavy (non-hydrogen) atoms. The standard InChI is InChI=1S/C25H23Br2O4S.C24H20BrCl2O4S.C24H21BrClO4S/c1-25(2,27)24(29)31-17-16-30-23(28)18-8-12-21(13-9-18)32(20-6-4-3-5-7-20)22-14-10-19(26)11-15-22;1-16(25)23(28)30-14-15-31-24(29)17-2-8-20(9-3-17)32(21-10-4-18(26)5-11-21)22-12-6-19(27)7-13-22;1-17(25)23(27)29-15-16-30-24(28)18-7-11-21(12-8-18)31(20-5-3-2-4-6-20)22-13-9-19(26)10-14-22/h3-15H,16-17H2,1-2H3;2-13,16H,14-15H2,1H3;2-14,17H,15-16H2,1H3/q3*+1. The number of alkyl halides is 3. The van der Waals surface area contributed by atoms with E-state index in [9.17, 15) is 28.8 Å². The minimum Gasteiger partial charge on any atom is -0.461 e. The molecule has 9 aromatic rings. The van der Waals surface area contributed by atoms with Gasteiger partial charge in [-0.15, -0.1) is 0 Å². The number of halogens is 7. The predicted molar refractivity (Wildman–Crippen MR) is 391 cm³/mol. The lowest BCUT2D eigenvalue weighted by molar-refractivity contribution is -0.146. The highest BCUT2D eigenvalue weighted by Crippen LogP contribution is 2.36. The van der Waals surface area contributed by atoms with Gasteiger partial charge in [-0.2, -0.15) is 0 Å². The Labute approximate surface area is 610 Å². The molecule has 0 spiro atoms. The topological polar surface area (TPSA) is 158 Å². The van der Waals surface area contributed by atoms with E-state index in [1.54, 1.807) is 64.1 Å². The Morgan fingerprint density at radius 2 is 0.568 bits per heavy atom. The second kappa shape index (κ2) is 38.5. The van der Waals surface area contributed by atoms with Crippen molar-refractivity contribution in [2.24, 2.45) is 0 Å². The molecule has 0 bridgehead atoms. The number of ether oxygens (including phenoxy) is 6. The van der Waals surface area contributed by atoms with Gasteiger partial charge >= 0.3 is 35.8 Å². The van der Waals surface area contributed by atoms with Crippen LogP contribution in [0.25, 0.3) is 0 Å². The first kappa shape index (κ1) is 76.0. The summed E-state index contributed by atoms with van der Waals surface area (Å²) in [6.45, 7) is 6.77. The zero-order valence-corrected chi connectivity index (χ0v) is 62.7. The highest BCUT2D eigenvalue weighted by atomic mass is 79.9. The average Bonchev–Trinajstić information content (AvgIpc) is 0.842. The molecule has 0 radical (unpaired) electrons. The average molecular weight is 1660 g/mol. The third kappa shape index (κ3) is 24.3. The fraction of sp³-hybridized carbons (Fsp3) is 0.178. The maximum atomic E-state index is 12.4. The van der Waals surface area contributed by atoms with Crippen molar-refractivity contribution in [3.63, 3.8) is 0 Å². The van der Waals surface area contributed by atoms with Gasteiger partial charge in [0.15, 0.2) is 44.1 Å². The zero-order chi connectivity index (χ0) is 68.4. The Hall–Kier alpha value is -6.36. The predicted octanol–water partition coefficient (Wildman–Crippen LogP) is 18.9. The minimum absolute atomic E-state index is 0.00267. The van der Waals surface area contributed by atoms with Crippen molar-refractivity contribution in [3.8, 4) is 0 Å². The molecule has 0 aliphatic rings. The molecule has 4 unspecified atom stereocenters. The van der Waals surface area contributed by atoms with Crippen LogP contribution in [0.5, 0.6) is 0 Å². The number of rotatable bonds is 24. The van der Waals surface area contributed by atoms with Gasteiger partial charge in [0.2, 0.25) is 0 Å². The van der Waals surface area contributed by atoms with Crippen LogP contribution < -0.4 is 0 Å². The molecular weight excluding hydrogens is 1590 g/mol. The molecule has 0 heterocycles. The molecule has 0 amide bonds. The van der Waals surface area contributed by atoms with Crippen molar-refractivity contribution >= 4 is 167 Å². The lowest BCUT2D eigenvalue weighted by Gasteiger charge is -2.14. The Morgan fingerprint density at radius 1 is 0.347 bits per heavy atom. The molecule has 9 aromatic carbocycles. The Kier molecular flexibility index (Phi) is 30.8. The molecular formula is C73H64Br4Cl3O12S3+3. The molecule has 0 fully saturated rings. The monoisotopic (exact) mass is 1650 g/mol. The molecule has 12 nitrogen and oxygen atoms in total. The van der Waals surface area contributed by atoms with Crippen LogP contribution in [-0.2, 0) is 75.5 Å². The summed E-state index contributed by atoms with van der Waals surface area (Å²) in [6.07, 6.45) is 0. The van der Waals surface area contributed by atoms with E-state index in [1.165, 1.54) is 14.7 Å². The van der Waals surface area contributed by atoms with E-state index in [4.69, 9.17) is 63.2 Å². The molecule has 4 atom stereocenters. The van der Waals surface area contributed by atoms with Crippen LogP contribution in [0.1, 0.15) is 58.8 Å². The summed E-state index contributed by atoms with van der Waals surface area (Å²) in [5.74, 6) is -2.58. The molecule has 0 N–H and O–H groups in total. The van der Waals surface area contributed by atoms with Gasteiger partial charge in [0.1, 0.15) is 53.6 Å². The number of hydrogen-bond acceptors (Lipinski definition) is 12. The van der Waals surface area contributed by atoms with Crippen LogP contribution in [0.2, 0.25) is 15.1 Å². The molecule has 0 saturated heterocycles. The summed E-state index contributed by atoms with van der Waals surface area (Å²) >= 11 is 31.2. The molecule has 0 saturated carbocycles. The Balaban J connectivity index is 0.000000201. The Morgan fingerprint density at radius 3 is 0.821 bits per heavy atom. The van der Waals surface area contributed by atoms with Crippen molar-refractivity contribution in [1.29, 1.82) is 0 Å².